The first-order valence-electron chi connectivity index (χ1n) is 8.36. The predicted octanol–water partition coefficient (Wildman–Crippen LogP) is 2.12. The van der Waals surface area contributed by atoms with Gasteiger partial charge in [-0.25, -0.2) is 9.78 Å². The lowest BCUT2D eigenvalue weighted by Gasteiger charge is -2.27. The number of anilines is 1. The number of nitrogens with one attached hydrogen (secondary N) is 1. The molecule has 22 heavy (non-hydrogen) atoms. The number of aromatic nitrogens is 2. The van der Waals surface area contributed by atoms with Crippen LogP contribution < -0.4 is 10.2 Å². The Bertz CT molecular complexity index is 502. The summed E-state index contributed by atoms with van der Waals surface area (Å²) in [7, 11) is 0. The maximum atomic E-state index is 12.3. The van der Waals surface area contributed by atoms with E-state index in [9.17, 15) is 4.79 Å². The normalized spacial score (nSPS) is 19.7. The maximum absolute atomic E-state index is 12.3. The summed E-state index contributed by atoms with van der Waals surface area (Å²) in [5, 5.41) is 4.09. The molecule has 1 aromatic heterocycles. The average Bonchev–Trinajstić information content (AvgIpc) is 2.82. The lowest BCUT2D eigenvalue weighted by atomic mass is 9.85. The summed E-state index contributed by atoms with van der Waals surface area (Å²) < 4.78 is 4.36. The van der Waals surface area contributed by atoms with Crippen molar-refractivity contribution >= 4 is 22.7 Å². The summed E-state index contributed by atoms with van der Waals surface area (Å²) in [6, 6.07) is 0.0975. The molecule has 2 heterocycles. The van der Waals surface area contributed by atoms with Crippen LogP contribution in [0.5, 0.6) is 0 Å². The van der Waals surface area contributed by atoms with Crippen molar-refractivity contribution in [2.45, 2.75) is 39.0 Å². The summed E-state index contributed by atoms with van der Waals surface area (Å²) in [6.45, 7) is 6.29. The number of amides is 2. The summed E-state index contributed by atoms with van der Waals surface area (Å²) in [5.41, 5.74) is 0. The van der Waals surface area contributed by atoms with E-state index in [2.05, 4.69) is 26.5 Å². The lowest BCUT2D eigenvalue weighted by molar-refractivity contribution is 0.195. The van der Waals surface area contributed by atoms with Crippen LogP contribution in [-0.4, -0.2) is 53.0 Å². The molecule has 0 spiro atoms. The van der Waals surface area contributed by atoms with Gasteiger partial charge in [-0.15, -0.1) is 0 Å². The molecular formula is C15H25N5OS. The highest BCUT2D eigenvalue weighted by molar-refractivity contribution is 7.09. The summed E-state index contributed by atoms with van der Waals surface area (Å²) in [5.74, 6) is 1.63. The molecule has 0 unspecified atom stereocenters. The fourth-order valence-electron chi connectivity index (χ4n) is 2.87. The van der Waals surface area contributed by atoms with E-state index in [1.54, 1.807) is 0 Å². The van der Waals surface area contributed by atoms with Crippen LogP contribution in [0.4, 0.5) is 9.93 Å². The zero-order chi connectivity index (χ0) is 15.4. The Balaban J connectivity index is 1.49. The van der Waals surface area contributed by atoms with Gasteiger partial charge in [0.25, 0.3) is 0 Å². The minimum atomic E-state index is 0.0975. The van der Waals surface area contributed by atoms with E-state index in [1.165, 1.54) is 30.8 Å². The van der Waals surface area contributed by atoms with Gasteiger partial charge in [0.1, 0.15) is 5.82 Å². The molecule has 1 aromatic rings. The van der Waals surface area contributed by atoms with Crippen LogP contribution in [0.25, 0.3) is 0 Å². The third kappa shape index (κ3) is 3.69. The number of hydrogen-bond donors (Lipinski definition) is 1. The van der Waals surface area contributed by atoms with E-state index in [1.807, 2.05) is 4.90 Å². The zero-order valence-electron chi connectivity index (χ0n) is 13.3. The fraction of sp³-hybridized carbons (Fsp3) is 0.800. The second kappa shape index (κ2) is 7.26. The number of carbonyl (C=O) groups is 1. The minimum absolute atomic E-state index is 0.0975. The number of nitrogens with zero attached hydrogens (tertiary/aromatic N) is 4. The molecule has 1 saturated heterocycles. The highest BCUT2D eigenvalue weighted by Gasteiger charge is 2.23. The smallest absolute Gasteiger partial charge is 0.317 e. The van der Waals surface area contributed by atoms with Crippen molar-refractivity contribution in [2.24, 2.45) is 5.92 Å². The Morgan fingerprint density at radius 2 is 2.14 bits per heavy atom. The Labute approximate surface area is 136 Å². The van der Waals surface area contributed by atoms with Crippen molar-refractivity contribution in [3.8, 4) is 0 Å². The van der Waals surface area contributed by atoms with Gasteiger partial charge in [-0.2, -0.15) is 4.37 Å². The molecule has 6 nitrogen and oxygen atoms in total. The van der Waals surface area contributed by atoms with Gasteiger partial charge in [0.2, 0.25) is 5.13 Å². The highest BCUT2D eigenvalue weighted by atomic mass is 32.1. The first kappa shape index (κ1) is 15.5. The van der Waals surface area contributed by atoms with Gasteiger partial charge in [0, 0.05) is 50.7 Å². The quantitative estimate of drug-likeness (QED) is 0.922. The first-order valence-corrected chi connectivity index (χ1v) is 9.14. The molecule has 2 aliphatic rings. The zero-order valence-corrected chi connectivity index (χ0v) is 14.1. The van der Waals surface area contributed by atoms with E-state index in [-0.39, 0.29) is 6.03 Å². The second-order valence-corrected chi connectivity index (χ2v) is 6.89. The number of rotatable bonds is 4. The topological polar surface area (TPSA) is 61.4 Å². The third-order valence-corrected chi connectivity index (χ3v) is 5.41. The largest absolute Gasteiger partial charge is 0.345 e. The van der Waals surface area contributed by atoms with Gasteiger partial charge < -0.3 is 15.1 Å². The van der Waals surface area contributed by atoms with E-state index in [0.29, 0.717) is 5.92 Å². The molecule has 1 aliphatic carbocycles. The summed E-state index contributed by atoms with van der Waals surface area (Å²) >= 11 is 1.47. The third-order valence-electron chi connectivity index (χ3n) is 4.59. The molecule has 1 N–H and O–H groups in total. The first-order chi connectivity index (χ1) is 10.8. The molecule has 0 atom stereocenters. The van der Waals surface area contributed by atoms with E-state index < -0.39 is 0 Å². The Morgan fingerprint density at radius 3 is 2.82 bits per heavy atom. The van der Waals surface area contributed by atoms with Crippen molar-refractivity contribution in [1.82, 2.24) is 19.6 Å². The summed E-state index contributed by atoms with van der Waals surface area (Å²) in [4.78, 5) is 21.0. The monoisotopic (exact) mass is 323 g/mol. The van der Waals surface area contributed by atoms with Crippen molar-refractivity contribution in [1.29, 1.82) is 0 Å². The molecule has 2 amide bonds. The van der Waals surface area contributed by atoms with Crippen LogP contribution in [0.1, 0.15) is 38.4 Å². The van der Waals surface area contributed by atoms with Gasteiger partial charge in [-0.05, 0) is 25.2 Å². The van der Waals surface area contributed by atoms with Crippen molar-refractivity contribution < 1.29 is 4.79 Å². The lowest BCUT2D eigenvalue weighted by Crippen LogP contribution is -2.44. The standard InChI is InChI=1S/C15H25N5OS/c1-2-13-17-15(22-18-13)20-8-4-7-19(9-10-20)14(21)16-11-12-5-3-6-12/h12H,2-11H2,1H3,(H,16,21). The Morgan fingerprint density at radius 1 is 1.27 bits per heavy atom. The van der Waals surface area contributed by atoms with Crippen LogP contribution >= 0.6 is 11.5 Å². The second-order valence-electron chi connectivity index (χ2n) is 6.16. The van der Waals surface area contributed by atoms with E-state index in [0.717, 1.165) is 56.5 Å². The molecule has 7 heteroatoms. The molecule has 0 radical (unpaired) electrons. The maximum Gasteiger partial charge on any atom is 0.317 e. The van der Waals surface area contributed by atoms with Crippen LogP contribution in [0.2, 0.25) is 0 Å². The van der Waals surface area contributed by atoms with E-state index in [4.69, 9.17) is 0 Å². The predicted molar refractivity (Wildman–Crippen MR) is 88.4 cm³/mol. The van der Waals surface area contributed by atoms with Crippen LogP contribution in [0.15, 0.2) is 0 Å². The fourth-order valence-corrected chi connectivity index (χ4v) is 3.67. The molecule has 2 fully saturated rings. The van der Waals surface area contributed by atoms with E-state index >= 15 is 0 Å². The molecule has 1 saturated carbocycles. The van der Waals surface area contributed by atoms with Gasteiger partial charge in [-0.3, -0.25) is 0 Å². The van der Waals surface area contributed by atoms with Gasteiger partial charge in [0.05, 0.1) is 0 Å². The number of carbonyl (C=O) groups excluding carboxylic acids is 1. The van der Waals surface area contributed by atoms with Crippen molar-refractivity contribution in [3.05, 3.63) is 5.82 Å². The number of hydrogen-bond acceptors (Lipinski definition) is 5. The Kier molecular flexibility index (Phi) is 5.12. The average molecular weight is 323 g/mol. The SMILES string of the molecule is CCc1nsc(N2CCCN(C(=O)NCC3CCC3)CC2)n1. The molecule has 3 rings (SSSR count). The molecule has 0 bridgehead atoms. The van der Waals surface area contributed by atoms with Crippen molar-refractivity contribution in [3.63, 3.8) is 0 Å². The molecule has 122 valence electrons. The van der Waals surface area contributed by atoms with Crippen molar-refractivity contribution in [2.75, 3.05) is 37.6 Å². The minimum Gasteiger partial charge on any atom is -0.345 e. The van der Waals surface area contributed by atoms with Crippen LogP contribution in [0, 0.1) is 5.92 Å². The van der Waals surface area contributed by atoms with Gasteiger partial charge in [-0.1, -0.05) is 13.3 Å². The molecule has 1 aliphatic heterocycles. The molecular weight excluding hydrogens is 298 g/mol. The Hall–Kier alpha value is -1.37. The number of urea groups is 1. The highest BCUT2D eigenvalue weighted by Crippen LogP contribution is 2.25. The summed E-state index contributed by atoms with van der Waals surface area (Å²) in [6.07, 6.45) is 5.72. The molecule has 0 aromatic carbocycles. The van der Waals surface area contributed by atoms with Crippen LogP contribution in [0.3, 0.4) is 0 Å². The number of aryl methyl sites for hydroxylation is 1. The van der Waals surface area contributed by atoms with Gasteiger partial charge >= 0.3 is 6.03 Å². The van der Waals surface area contributed by atoms with Gasteiger partial charge in [0.15, 0.2) is 0 Å². The van der Waals surface area contributed by atoms with Crippen LogP contribution in [-0.2, 0) is 6.42 Å².